The fourth-order valence-corrected chi connectivity index (χ4v) is 2.89. The summed E-state index contributed by atoms with van der Waals surface area (Å²) in [6.45, 7) is 10.1. The van der Waals surface area contributed by atoms with E-state index in [1.54, 1.807) is 0 Å². The normalized spacial score (nSPS) is 22.1. The van der Waals surface area contributed by atoms with Crippen molar-refractivity contribution in [2.24, 2.45) is 0 Å². The molecule has 0 radical (unpaired) electrons. The highest BCUT2D eigenvalue weighted by Crippen LogP contribution is 2.36. The van der Waals surface area contributed by atoms with Crippen molar-refractivity contribution in [3.05, 3.63) is 11.8 Å². The number of hydrogen-bond donors (Lipinski definition) is 2. The molecular weight excluding hydrogens is 280 g/mol. The number of aromatic nitrogens is 2. The molecular formula is C16H28N4O2. The Morgan fingerprint density at radius 2 is 2.14 bits per heavy atom. The van der Waals surface area contributed by atoms with E-state index >= 15 is 0 Å². The van der Waals surface area contributed by atoms with Crippen LogP contribution in [0, 0.1) is 0 Å². The number of nitrogen functional groups attached to an aromatic ring is 1. The second-order valence-corrected chi connectivity index (χ2v) is 7.41. The lowest BCUT2D eigenvalue weighted by Gasteiger charge is -2.20. The minimum Gasteiger partial charge on any atom is -0.446 e. The lowest BCUT2D eigenvalue weighted by atomic mass is 10.0. The Bertz CT molecular complexity index is 531. The highest BCUT2D eigenvalue weighted by molar-refractivity contribution is 5.67. The van der Waals surface area contributed by atoms with Crippen molar-refractivity contribution >= 4 is 11.9 Å². The first-order chi connectivity index (χ1) is 10.2. The highest BCUT2D eigenvalue weighted by atomic mass is 16.6. The first-order valence-corrected chi connectivity index (χ1v) is 8.00. The molecule has 124 valence electrons. The number of ether oxygens (including phenoxy) is 1. The summed E-state index contributed by atoms with van der Waals surface area (Å²) in [5.41, 5.74) is 6.94. The molecule has 0 aliphatic heterocycles. The Balaban J connectivity index is 1.97. The summed E-state index contributed by atoms with van der Waals surface area (Å²) in [5, 5.41) is 7.42. The van der Waals surface area contributed by atoms with Crippen LogP contribution in [-0.4, -0.2) is 28.0 Å². The molecule has 1 fully saturated rings. The summed E-state index contributed by atoms with van der Waals surface area (Å²) >= 11 is 0. The molecule has 22 heavy (non-hydrogen) atoms. The van der Waals surface area contributed by atoms with Crippen LogP contribution < -0.4 is 11.1 Å². The van der Waals surface area contributed by atoms with Crippen LogP contribution >= 0.6 is 0 Å². The van der Waals surface area contributed by atoms with Gasteiger partial charge in [-0.2, -0.15) is 5.10 Å². The van der Waals surface area contributed by atoms with Crippen LogP contribution in [0.2, 0.25) is 0 Å². The summed E-state index contributed by atoms with van der Waals surface area (Å²) in [7, 11) is 0. The third kappa shape index (κ3) is 3.93. The van der Waals surface area contributed by atoms with E-state index < -0.39 is 0 Å². The van der Waals surface area contributed by atoms with E-state index in [0.717, 1.165) is 25.0 Å². The molecule has 0 bridgehead atoms. The molecule has 2 atom stereocenters. The van der Waals surface area contributed by atoms with Crippen molar-refractivity contribution in [1.29, 1.82) is 0 Å². The van der Waals surface area contributed by atoms with Crippen LogP contribution in [0.25, 0.3) is 0 Å². The van der Waals surface area contributed by atoms with Gasteiger partial charge in [0.25, 0.3) is 0 Å². The standard InChI is InChI=1S/C16H28N4O2/c1-10(2)18-15(21)22-12-7-6-11(8-12)13-9-14(17)20(19-13)16(3,4)5/h9-12H,6-8,17H2,1-5H3,(H,18,21)/t11-,12+/m0/s1. The zero-order valence-electron chi connectivity index (χ0n) is 14.2. The Hall–Kier alpha value is -1.72. The summed E-state index contributed by atoms with van der Waals surface area (Å²) < 4.78 is 7.33. The second kappa shape index (κ2) is 6.18. The van der Waals surface area contributed by atoms with E-state index in [1.165, 1.54) is 0 Å². The molecule has 0 aromatic carbocycles. The molecule has 0 spiro atoms. The number of nitrogens with one attached hydrogen (secondary N) is 1. The van der Waals surface area contributed by atoms with Gasteiger partial charge in [-0.1, -0.05) is 0 Å². The monoisotopic (exact) mass is 308 g/mol. The van der Waals surface area contributed by atoms with E-state index in [-0.39, 0.29) is 23.8 Å². The quantitative estimate of drug-likeness (QED) is 0.899. The molecule has 1 amide bonds. The van der Waals surface area contributed by atoms with Gasteiger partial charge in [0.1, 0.15) is 11.9 Å². The van der Waals surface area contributed by atoms with Crippen LogP contribution in [0.4, 0.5) is 10.6 Å². The van der Waals surface area contributed by atoms with Crippen molar-refractivity contribution in [1.82, 2.24) is 15.1 Å². The maximum atomic E-state index is 11.7. The van der Waals surface area contributed by atoms with E-state index in [2.05, 4.69) is 31.2 Å². The summed E-state index contributed by atoms with van der Waals surface area (Å²) in [6.07, 6.45) is 2.29. The number of nitrogens with zero attached hydrogens (tertiary/aromatic N) is 2. The minimum atomic E-state index is -0.333. The molecule has 1 aliphatic carbocycles. The molecule has 1 aromatic heterocycles. The highest BCUT2D eigenvalue weighted by Gasteiger charge is 2.31. The molecule has 1 heterocycles. The van der Waals surface area contributed by atoms with Crippen molar-refractivity contribution in [3.8, 4) is 0 Å². The van der Waals surface area contributed by atoms with Crippen LogP contribution in [-0.2, 0) is 10.3 Å². The summed E-state index contributed by atoms with van der Waals surface area (Å²) in [4.78, 5) is 11.7. The fourth-order valence-electron chi connectivity index (χ4n) is 2.89. The Kier molecular flexibility index (Phi) is 4.68. The lowest BCUT2D eigenvalue weighted by molar-refractivity contribution is 0.0981. The Morgan fingerprint density at radius 1 is 1.45 bits per heavy atom. The van der Waals surface area contributed by atoms with Gasteiger partial charge in [0.2, 0.25) is 0 Å². The maximum Gasteiger partial charge on any atom is 0.407 e. The molecule has 1 aromatic rings. The van der Waals surface area contributed by atoms with Gasteiger partial charge in [0.15, 0.2) is 0 Å². The topological polar surface area (TPSA) is 82.2 Å². The van der Waals surface area contributed by atoms with Crippen LogP contribution in [0.5, 0.6) is 0 Å². The van der Waals surface area contributed by atoms with Gasteiger partial charge in [-0.3, -0.25) is 0 Å². The van der Waals surface area contributed by atoms with Crippen LogP contribution in [0.15, 0.2) is 6.07 Å². The van der Waals surface area contributed by atoms with Gasteiger partial charge in [0.05, 0.1) is 11.2 Å². The predicted octanol–water partition coefficient (Wildman–Crippen LogP) is 2.99. The molecule has 0 saturated heterocycles. The van der Waals surface area contributed by atoms with Crippen LogP contribution in [0.1, 0.15) is 65.5 Å². The molecule has 6 nitrogen and oxygen atoms in total. The predicted molar refractivity (Wildman–Crippen MR) is 86.8 cm³/mol. The summed E-state index contributed by atoms with van der Waals surface area (Å²) in [6, 6.07) is 2.04. The molecule has 1 aliphatic rings. The van der Waals surface area contributed by atoms with Gasteiger partial charge in [0, 0.05) is 18.0 Å². The average Bonchev–Trinajstić information content (AvgIpc) is 2.93. The van der Waals surface area contributed by atoms with Crippen molar-refractivity contribution in [2.45, 2.75) is 77.5 Å². The number of alkyl carbamates (subject to hydrolysis) is 1. The van der Waals surface area contributed by atoms with Gasteiger partial charge in [-0.05, 0) is 53.9 Å². The number of rotatable bonds is 3. The Morgan fingerprint density at radius 3 is 2.68 bits per heavy atom. The first-order valence-electron chi connectivity index (χ1n) is 8.00. The minimum absolute atomic E-state index is 0.0373. The van der Waals surface area contributed by atoms with Gasteiger partial charge in [-0.15, -0.1) is 0 Å². The first kappa shape index (κ1) is 16.6. The number of anilines is 1. The second-order valence-electron chi connectivity index (χ2n) is 7.41. The number of carbonyl (C=O) groups excluding carboxylic acids is 1. The van der Waals surface area contributed by atoms with Gasteiger partial charge < -0.3 is 15.8 Å². The largest absolute Gasteiger partial charge is 0.446 e. The maximum absolute atomic E-state index is 11.7. The SMILES string of the molecule is CC(C)NC(=O)O[C@@H]1CC[C@H](c2cc(N)n(C(C)(C)C)n2)C1. The zero-order chi connectivity index (χ0) is 16.5. The molecule has 6 heteroatoms. The average molecular weight is 308 g/mol. The zero-order valence-corrected chi connectivity index (χ0v) is 14.2. The third-order valence-corrected chi connectivity index (χ3v) is 3.87. The smallest absolute Gasteiger partial charge is 0.407 e. The molecule has 2 rings (SSSR count). The van der Waals surface area contributed by atoms with E-state index in [4.69, 9.17) is 10.5 Å². The van der Waals surface area contributed by atoms with Gasteiger partial charge >= 0.3 is 6.09 Å². The number of carbonyl (C=O) groups is 1. The fraction of sp³-hybridized carbons (Fsp3) is 0.750. The number of nitrogens with two attached hydrogens (primary N) is 1. The number of hydrogen-bond acceptors (Lipinski definition) is 4. The van der Waals surface area contributed by atoms with Crippen molar-refractivity contribution < 1.29 is 9.53 Å². The van der Waals surface area contributed by atoms with Crippen LogP contribution in [0.3, 0.4) is 0 Å². The molecule has 1 saturated carbocycles. The van der Waals surface area contributed by atoms with E-state index in [1.807, 2.05) is 24.6 Å². The molecule has 0 unspecified atom stereocenters. The van der Waals surface area contributed by atoms with Crippen molar-refractivity contribution in [3.63, 3.8) is 0 Å². The van der Waals surface area contributed by atoms with Gasteiger partial charge in [-0.25, -0.2) is 9.48 Å². The molecule has 3 N–H and O–H groups in total. The van der Waals surface area contributed by atoms with E-state index in [9.17, 15) is 4.79 Å². The third-order valence-electron chi connectivity index (χ3n) is 3.87. The number of amides is 1. The lowest BCUT2D eigenvalue weighted by Crippen LogP contribution is -2.33. The summed E-state index contributed by atoms with van der Waals surface area (Å²) in [5.74, 6) is 0.993. The van der Waals surface area contributed by atoms with E-state index in [0.29, 0.717) is 11.7 Å². The Labute approximate surface area is 132 Å². The van der Waals surface area contributed by atoms with Crippen molar-refractivity contribution in [2.75, 3.05) is 5.73 Å².